The van der Waals surface area contributed by atoms with Crippen LogP contribution in [0.5, 0.6) is 5.88 Å². The van der Waals surface area contributed by atoms with Gasteiger partial charge in [-0.1, -0.05) is 12.1 Å². The van der Waals surface area contributed by atoms with Crippen LogP contribution in [-0.2, 0) is 6.54 Å². The first-order chi connectivity index (χ1) is 9.22. The molecule has 0 aliphatic rings. The molecule has 4 nitrogen and oxygen atoms in total. The summed E-state index contributed by atoms with van der Waals surface area (Å²) < 4.78 is 5.01. The molecule has 0 aliphatic carbocycles. The van der Waals surface area contributed by atoms with Crippen LogP contribution in [0.3, 0.4) is 0 Å². The monoisotopic (exact) mass is 253 g/mol. The van der Waals surface area contributed by atoms with E-state index in [2.05, 4.69) is 16.4 Å². The van der Waals surface area contributed by atoms with E-state index in [4.69, 9.17) is 10.00 Å². The summed E-state index contributed by atoms with van der Waals surface area (Å²) in [5.41, 5.74) is 3.60. The average molecular weight is 253 g/mol. The highest BCUT2D eigenvalue weighted by atomic mass is 16.5. The molecule has 0 unspecified atom stereocenters. The minimum absolute atomic E-state index is 0.594. The van der Waals surface area contributed by atoms with E-state index < -0.39 is 0 Å². The minimum atomic E-state index is 0.594. The molecule has 1 heterocycles. The lowest BCUT2D eigenvalue weighted by Gasteiger charge is -2.09. The lowest BCUT2D eigenvalue weighted by atomic mass is 10.1. The highest BCUT2D eigenvalue weighted by Crippen LogP contribution is 2.17. The number of aryl methyl sites for hydroxylation is 1. The number of nitrogens with one attached hydrogen (secondary N) is 1. The summed E-state index contributed by atoms with van der Waals surface area (Å²) in [6.07, 6.45) is 1.76. The number of pyridine rings is 1. The third kappa shape index (κ3) is 3.23. The third-order valence-corrected chi connectivity index (χ3v) is 2.79. The number of hydrogen-bond acceptors (Lipinski definition) is 4. The Kier molecular flexibility index (Phi) is 3.99. The normalized spacial score (nSPS) is 9.74. The molecule has 96 valence electrons. The largest absolute Gasteiger partial charge is 0.481 e. The zero-order chi connectivity index (χ0) is 13.7. The summed E-state index contributed by atoms with van der Waals surface area (Å²) in [4.78, 5) is 4.14. The van der Waals surface area contributed by atoms with Gasteiger partial charge in [0.05, 0.1) is 18.4 Å². The Balaban J connectivity index is 2.08. The predicted molar refractivity (Wildman–Crippen MR) is 74.0 cm³/mol. The number of nitrogens with zero attached hydrogens (tertiary/aromatic N) is 2. The minimum Gasteiger partial charge on any atom is -0.481 e. The van der Waals surface area contributed by atoms with Crippen LogP contribution in [-0.4, -0.2) is 12.1 Å². The molecule has 0 saturated heterocycles. The van der Waals surface area contributed by atoms with Crippen molar-refractivity contribution in [3.63, 3.8) is 0 Å². The first-order valence-corrected chi connectivity index (χ1v) is 5.96. The van der Waals surface area contributed by atoms with Gasteiger partial charge in [-0.05, 0) is 30.2 Å². The van der Waals surface area contributed by atoms with Crippen molar-refractivity contribution in [1.82, 2.24) is 4.98 Å². The molecule has 2 rings (SSSR count). The molecule has 0 bridgehead atoms. The van der Waals surface area contributed by atoms with E-state index in [1.807, 2.05) is 37.3 Å². The Labute approximate surface area is 112 Å². The molecule has 0 aliphatic heterocycles. The molecular formula is C15H15N3O. The van der Waals surface area contributed by atoms with Gasteiger partial charge in [0.2, 0.25) is 5.88 Å². The third-order valence-electron chi connectivity index (χ3n) is 2.79. The lowest BCUT2D eigenvalue weighted by molar-refractivity contribution is 0.397. The first kappa shape index (κ1) is 12.9. The van der Waals surface area contributed by atoms with Gasteiger partial charge in [-0.3, -0.25) is 0 Å². The number of methoxy groups -OCH3 is 1. The van der Waals surface area contributed by atoms with Crippen LogP contribution in [0.15, 0.2) is 36.5 Å². The first-order valence-electron chi connectivity index (χ1n) is 5.96. The Bertz CT molecular complexity index is 600. The van der Waals surface area contributed by atoms with Gasteiger partial charge in [0.1, 0.15) is 6.07 Å². The molecule has 19 heavy (non-hydrogen) atoms. The Morgan fingerprint density at radius 1 is 1.32 bits per heavy atom. The second kappa shape index (κ2) is 5.87. The fraction of sp³-hybridized carbons (Fsp3) is 0.200. The van der Waals surface area contributed by atoms with Crippen molar-refractivity contribution < 1.29 is 4.74 Å². The van der Waals surface area contributed by atoms with Crippen molar-refractivity contribution in [3.05, 3.63) is 53.2 Å². The van der Waals surface area contributed by atoms with Gasteiger partial charge < -0.3 is 10.1 Å². The van der Waals surface area contributed by atoms with Crippen molar-refractivity contribution in [2.75, 3.05) is 12.4 Å². The molecule has 0 spiro atoms. The summed E-state index contributed by atoms with van der Waals surface area (Å²) in [6, 6.07) is 11.7. The SMILES string of the molecule is COc1ccc(CNc2ccc(C)cc2C#N)cn1. The van der Waals surface area contributed by atoms with Gasteiger partial charge in [-0.15, -0.1) is 0 Å². The van der Waals surface area contributed by atoms with Gasteiger partial charge in [0.25, 0.3) is 0 Å². The number of aromatic nitrogens is 1. The maximum Gasteiger partial charge on any atom is 0.212 e. The van der Waals surface area contributed by atoms with Crippen LogP contribution in [0.1, 0.15) is 16.7 Å². The van der Waals surface area contributed by atoms with E-state index in [1.54, 1.807) is 13.3 Å². The summed E-state index contributed by atoms with van der Waals surface area (Å²) in [7, 11) is 1.59. The van der Waals surface area contributed by atoms with Crippen LogP contribution in [0.2, 0.25) is 0 Å². The Morgan fingerprint density at radius 3 is 2.79 bits per heavy atom. The van der Waals surface area contributed by atoms with Gasteiger partial charge in [0, 0.05) is 18.8 Å². The maximum atomic E-state index is 9.09. The van der Waals surface area contributed by atoms with E-state index >= 15 is 0 Å². The fourth-order valence-electron chi connectivity index (χ4n) is 1.74. The van der Waals surface area contributed by atoms with Gasteiger partial charge >= 0.3 is 0 Å². The quantitative estimate of drug-likeness (QED) is 0.910. The van der Waals surface area contributed by atoms with E-state index in [1.165, 1.54) is 0 Å². The average Bonchev–Trinajstić information content (AvgIpc) is 2.46. The second-order valence-electron chi connectivity index (χ2n) is 4.22. The highest BCUT2D eigenvalue weighted by molar-refractivity contribution is 5.58. The molecule has 2 aromatic rings. The zero-order valence-electron chi connectivity index (χ0n) is 11.0. The molecule has 0 atom stereocenters. The van der Waals surface area contributed by atoms with Gasteiger partial charge in [0.15, 0.2) is 0 Å². The van der Waals surface area contributed by atoms with Gasteiger partial charge in [-0.25, -0.2) is 4.98 Å². The summed E-state index contributed by atoms with van der Waals surface area (Å²) in [6.45, 7) is 2.59. The summed E-state index contributed by atoms with van der Waals surface area (Å²) >= 11 is 0. The molecule has 1 aromatic carbocycles. The maximum absolute atomic E-state index is 9.09. The van der Waals surface area contributed by atoms with Crippen molar-refractivity contribution in [2.24, 2.45) is 0 Å². The van der Waals surface area contributed by atoms with Crippen LogP contribution < -0.4 is 10.1 Å². The zero-order valence-corrected chi connectivity index (χ0v) is 11.0. The Hall–Kier alpha value is -2.54. The smallest absolute Gasteiger partial charge is 0.212 e. The van der Waals surface area contributed by atoms with Crippen LogP contribution in [0.25, 0.3) is 0 Å². The van der Waals surface area contributed by atoms with Gasteiger partial charge in [-0.2, -0.15) is 5.26 Å². The molecule has 1 N–H and O–H groups in total. The number of benzene rings is 1. The second-order valence-corrected chi connectivity index (χ2v) is 4.22. The Morgan fingerprint density at radius 2 is 2.16 bits per heavy atom. The number of anilines is 1. The fourth-order valence-corrected chi connectivity index (χ4v) is 1.74. The van der Waals surface area contributed by atoms with Crippen molar-refractivity contribution >= 4 is 5.69 Å². The number of nitriles is 1. The molecular weight excluding hydrogens is 238 g/mol. The van der Waals surface area contributed by atoms with Crippen LogP contribution >= 0.6 is 0 Å². The molecule has 0 amide bonds. The van der Waals surface area contributed by atoms with Crippen LogP contribution in [0.4, 0.5) is 5.69 Å². The number of rotatable bonds is 4. The van der Waals surface area contributed by atoms with Crippen LogP contribution in [0, 0.1) is 18.3 Å². The van der Waals surface area contributed by atoms with E-state index in [9.17, 15) is 0 Å². The standard InChI is InChI=1S/C15H15N3O/c1-11-3-5-14(13(7-11)8-16)17-9-12-4-6-15(19-2)18-10-12/h3-7,10,17H,9H2,1-2H3. The summed E-state index contributed by atoms with van der Waals surface area (Å²) in [5, 5.41) is 12.3. The van der Waals surface area contributed by atoms with Crippen molar-refractivity contribution in [3.8, 4) is 11.9 Å². The van der Waals surface area contributed by atoms with E-state index in [0.29, 0.717) is 18.0 Å². The molecule has 1 aromatic heterocycles. The lowest BCUT2D eigenvalue weighted by Crippen LogP contribution is -2.02. The van der Waals surface area contributed by atoms with Crippen molar-refractivity contribution in [2.45, 2.75) is 13.5 Å². The summed E-state index contributed by atoms with van der Waals surface area (Å²) in [5.74, 6) is 0.594. The topological polar surface area (TPSA) is 57.9 Å². The highest BCUT2D eigenvalue weighted by Gasteiger charge is 2.02. The van der Waals surface area contributed by atoms with E-state index in [-0.39, 0.29) is 0 Å². The van der Waals surface area contributed by atoms with E-state index in [0.717, 1.165) is 16.8 Å². The molecule has 0 radical (unpaired) electrons. The number of hydrogen-bond donors (Lipinski definition) is 1. The molecule has 0 saturated carbocycles. The molecule has 0 fully saturated rings. The predicted octanol–water partition coefficient (Wildman–Crippen LogP) is 2.88. The molecule has 4 heteroatoms. The number of ether oxygens (including phenoxy) is 1. The van der Waals surface area contributed by atoms with Crippen molar-refractivity contribution in [1.29, 1.82) is 5.26 Å².